The normalized spacial score (nSPS) is 15.9. The van der Waals surface area contributed by atoms with E-state index in [0.717, 1.165) is 29.8 Å². The van der Waals surface area contributed by atoms with Gasteiger partial charge in [0, 0.05) is 13.6 Å². The Bertz CT molecular complexity index is 646. The molecule has 3 rings (SSSR count). The zero-order valence-electron chi connectivity index (χ0n) is 12.5. The fourth-order valence-corrected chi connectivity index (χ4v) is 2.44. The van der Waals surface area contributed by atoms with Gasteiger partial charge in [-0.2, -0.15) is 0 Å². The number of nitrogens with zero attached hydrogens (tertiary/aromatic N) is 2. The number of amides is 1. The third-order valence-electron chi connectivity index (χ3n) is 3.93. The smallest absolute Gasteiger partial charge is 0.260 e. The fourth-order valence-electron chi connectivity index (χ4n) is 2.44. The van der Waals surface area contributed by atoms with Crippen LogP contribution in [0.1, 0.15) is 26.2 Å². The number of ether oxygens (including phenoxy) is 1. The Labute approximate surface area is 124 Å². The van der Waals surface area contributed by atoms with Gasteiger partial charge in [-0.15, -0.1) is 5.10 Å². The number of nitrogens with one attached hydrogen (secondary N) is 1. The molecule has 5 heteroatoms. The molecule has 1 aliphatic rings. The molecular weight excluding hydrogens is 266 g/mol. The maximum Gasteiger partial charge on any atom is 0.260 e. The second kappa shape index (κ2) is 5.76. The minimum atomic E-state index is -0.539. The van der Waals surface area contributed by atoms with E-state index >= 15 is 0 Å². The third kappa shape index (κ3) is 3.17. The average Bonchev–Trinajstić information content (AvgIpc) is 3.25. The Kier molecular flexibility index (Phi) is 3.82. The third-order valence-corrected chi connectivity index (χ3v) is 3.93. The molecule has 2 aromatic rings. The van der Waals surface area contributed by atoms with Gasteiger partial charge in [-0.05, 0) is 31.4 Å². The standard InChI is InChI=1S/C16H21N3O2/c1-11(15(20)17-10-9-12-7-8-12)21-16-13-5-3-4-6-14(13)19(2)18-16/h3-6,11-12H,7-10H2,1-2H3,(H,17,20)/t11-/m0/s1. The number of fused-ring (bicyclic) bond motifs is 1. The van der Waals surface area contributed by atoms with E-state index < -0.39 is 6.10 Å². The summed E-state index contributed by atoms with van der Waals surface area (Å²) in [5, 5.41) is 8.20. The fraction of sp³-hybridized carbons (Fsp3) is 0.500. The maximum atomic E-state index is 12.0. The quantitative estimate of drug-likeness (QED) is 0.886. The lowest BCUT2D eigenvalue weighted by Crippen LogP contribution is -2.37. The first-order chi connectivity index (χ1) is 10.1. The van der Waals surface area contributed by atoms with Crippen LogP contribution in [-0.2, 0) is 11.8 Å². The van der Waals surface area contributed by atoms with Crippen molar-refractivity contribution in [3.8, 4) is 5.88 Å². The molecule has 0 saturated heterocycles. The van der Waals surface area contributed by atoms with Crippen molar-refractivity contribution < 1.29 is 9.53 Å². The second-order valence-corrected chi connectivity index (χ2v) is 5.73. The van der Waals surface area contributed by atoms with E-state index in [2.05, 4.69) is 10.4 Å². The summed E-state index contributed by atoms with van der Waals surface area (Å²) in [7, 11) is 1.87. The highest BCUT2D eigenvalue weighted by molar-refractivity contribution is 5.85. The minimum Gasteiger partial charge on any atom is -0.463 e. The summed E-state index contributed by atoms with van der Waals surface area (Å²) in [4.78, 5) is 12.0. The largest absolute Gasteiger partial charge is 0.463 e. The summed E-state index contributed by atoms with van der Waals surface area (Å²) in [5.41, 5.74) is 0.994. The number of aromatic nitrogens is 2. The van der Waals surface area contributed by atoms with Crippen LogP contribution in [-0.4, -0.2) is 28.3 Å². The van der Waals surface area contributed by atoms with Crippen molar-refractivity contribution in [1.82, 2.24) is 15.1 Å². The van der Waals surface area contributed by atoms with Crippen LogP contribution >= 0.6 is 0 Å². The molecule has 0 spiro atoms. The van der Waals surface area contributed by atoms with Gasteiger partial charge in [0.2, 0.25) is 5.88 Å². The van der Waals surface area contributed by atoms with E-state index in [-0.39, 0.29) is 5.91 Å². The molecule has 1 aliphatic carbocycles. The van der Waals surface area contributed by atoms with Gasteiger partial charge in [-0.1, -0.05) is 25.0 Å². The molecule has 1 saturated carbocycles. The number of para-hydroxylation sites is 1. The van der Waals surface area contributed by atoms with Crippen molar-refractivity contribution in [3.63, 3.8) is 0 Å². The molecule has 112 valence electrons. The zero-order chi connectivity index (χ0) is 14.8. The van der Waals surface area contributed by atoms with E-state index in [9.17, 15) is 4.79 Å². The molecule has 5 nitrogen and oxygen atoms in total. The van der Waals surface area contributed by atoms with E-state index in [0.29, 0.717) is 5.88 Å². The van der Waals surface area contributed by atoms with Crippen LogP contribution in [0.5, 0.6) is 5.88 Å². The monoisotopic (exact) mass is 287 g/mol. The van der Waals surface area contributed by atoms with Crippen molar-refractivity contribution in [3.05, 3.63) is 24.3 Å². The second-order valence-electron chi connectivity index (χ2n) is 5.73. The van der Waals surface area contributed by atoms with Crippen LogP contribution in [0.2, 0.25) is 0 Å². The molecule has 21 heavy (non-hydrogen) atoms. The van der Waals surface area contributed by atoms with Crippen LogP contribution in [0.25, 0.3) is 10.9 Å². The highest BCUT2D eigenvalue weighted by Gasteiger charge is 2.22. The van der Waals surface area contributed by atoms with Crippen LogP contribution in [0.15, 0.2) is 24.3 Å². The molecule has 0 bridgehead atoms. The van der Waals surface area contributed by atoms with Gasteiger partial charge in [-0.25, -0.2) is 0 Å². The number of hydrogen-bond donors (Lipinski definition) is 1. The Balaban J connectivity index is 1.62. The molecule has 0 radical (unpaired) electrons. The molecule has 0 aliphatic heterocycles. The molecule has 1 atom stereocenters. The SMILES string of the molecule is C[C@H](Oc1nn(C)c2ccccc12)C(=O)NCCC1CC1. The van der Waals surface area contributed by atoms with Gasteiger partial charge >= 0.3 is 0 Å². The lowest BCUT2D eigenvalue weighted by molar-refractivity contribution is -0.127. The van der Waals surface area contributed by atoms with E-state index in [1.807, 2.05) is 31.3 Å². The van der Waals surface area contributed by atoms with Gasteiger partial charge in [0.05, 0.1) is 10.9 Å². The molecule has 1 heterocycles. The lowest BCUT2D eigenvalue weighted by Gasteiger charge is -2.13. The summed E-state index contributed by atoms with van der Waals surface area (Å²) < 4.78 is 7.51. The van der Waals surface area contributed by atoms with Crippen LogP contribution < -0.4 is 10.1 Å². The van der Waals surface area contributed by atoms with Crippen molar-refractivity contribution in [2.45, 2.75) is 32.3 Å². The molecule has 1 N–H and O–H groups in total. The van der Waals surface area contributed by atoms with E-state index in [1.54, 1.807) is 11.6 Å². The molecule has 1 fully saturated rings. The highest BCUT2D eigenvalue weighted by Crippen LogP contribution is 2.31. The van der Waals surface area contributed by atoms with Crippen molar-refractivity contribution in [2.24, 2.45) is 13.0 Å². The Hall–Kier alpha value is -2.04. The molecular formula is C16H21N3O2. The number of hydrogen-bond acceptors (Lipinski definition) is 3. The van der Waals surface area contributed by atoms with Crippen LogP contribution in [0.4, 0.5) is 0 Å². The van der Waals surface area contributed by atoms with E-state index in [4.69, 9.17) is 4.74 Å². The van der Waals surface area contributed by atoms with Crippen molar-refractivity contribution in [2.75, 3.05) is 6.54 Å². The first-order valence-corrected chi connectivity index (χ1v) is 7.51. The molecule has 0 unspecified atom stereocenters. The molecule has 1 aromatic heterocycles. The summed E-state index contributed by atoms with van der Waals surface area (Å²) in [6.45, 7) is 2.50. The number of benzene rings is 1. The Morgan fingerprint density at radius 2 is 2.24 bits per heavy atom. The minimum absolute atomic E-state index is 0.0783. The van der Waals surface area contributed by atoms with Crippen molar-refractivity contribution >= 4 is 16.8 Å². The lowest BCUT2D eigenvalue weighted by atomic mass is 10.2. The number of rotatable bonds is 6. The summed E-state index contributed by atoms with van der Waals surface area (Å²) in [5.74, 6) is 1.25. The van der Waals surface area contributed by atoms with Gasteiger partial charge in [0.15, 0.2) is 6.10 Å². The number of carbonyl (C=O) groups is 1. The van der Waals surface area contributed by atoms with Gasteiger partial charge in [0.1, 0.15) is 0 Å². The summed E-state index contributed by atoms with van der Waals surface area (Å²) in [6.07, 6.45) is 3.15. The van der Waals surface area contributed by atoms with Gasteiger partial charge in [0.25, 0.3) is 5.91 Å². The predicted molar refractivity (Wildman–Crippen MR) is 81.2 cm³/mol. The van der Waals surface area contributed by atoms with Gasteiger partial charge in [-0.3, -0.25) is 9.48 Å². The first-order valence-electron chi connectivity index (χ1n) is 7.51. The van der Waals surface area contributed by atoms with E-state index in [1.165, 1.54) is 12.8 Å². The predicted octanol–water partition coefficient (Wildman–Crippen LogP) is 2.26. The maximum absolute atomic E-state index is 12.0. The van der Waals surface area contributed by atoms with Crippen LogP contribution in [0, 0.1) is 5.92 Å². The van der Waals surface area contributed by atoms with Crippen molar-refractivity contribution in [1.29, 1.82) is 0 Å². The van der Waals surface area contributed by atoms with Crippen LogP contribution in [0.3, 0.4) is 0 Å². The Morgan fingerprint density at radius 1 is 1.48 bits per heavy atom. The number of aryl methyl sites for hydroxylation is 1. The number of carbonyl (C=O) groups excluding carboxylic acids is 1. The first kappa shape index (κ1) is 13.9. The summed E-state index contributed by atoms with van der Waals surface area (Å²) in [6, 6.07) is 7.84. The topological polar surface area (TPSA) is 56.2 Å². The summed E-state index contributed by atoms with van der Waals surface area (Å²) >= 11 is 0. The average molecular weight is 287 g/mol. The van der Waals surface area contributed by atoms with Gasteiger partial charge < -0.3 is 10.1 Å². The molecule has 1 aromatic carbocycles. The zero-order valence-corrected chi connectivity index (χ0v) is 12.5. The Morgan fingerprint density at radius 3 is 3.00 bits per heavy atom. The highest BCUT2D eigenvalue weighted by atomic mass is 16.5. The molecule has 1 amide bonds.